The van der Waals surface area contributed by atoms with Crippen molar-refractivity contribution in [3.8, 4) is 0 Å². The summed E-state index contributed by atoms with van der Waals surface area (Å²) in [5.74, 6) is 0.514. The maximum absolute atomic E-state index is 13.6. The van der Waals surface area contributed by atoms with E-state index in [0.717, 1.165) is 28.9 Å². The van der Waals surface area contributed by atoms with Crippen LogP contribution in [0.15, 0.2) is 88.8 Å². The summed E-state index contributed by atoms with van der Waals surface area (Å²) in [6.07, 6.45) is 1.48. The van der Waals surface area contributed by atoms with Gasteiger partial charge in [-0.05, 0) is 42.2 Å². The van der Waals surface area contributed by atoms with Crippen molar-refractivity contribution in [1.82, 2.24) is 4.90 Å². The van der Waals surface area contributed by atoms with Crippen LogP contribution in [-0.4, -0.2) is 39.5 Å². The van der Waals surface area contributed by atoms with Crippen LogP contribution in [0.2, 0.25) is 0 Å². The molecule has 0 radical (unpaired) electrons. The largest absolute Gasteiger partial charge is 0.311 e. The number of nitrogens with zero attached hydrogens (tertiary/aromatic N) is 4. The first-order valence-electron chi connectivity index (χ1n) is 11.9. The first kappa shape index (κ1) is 21.8. The van der Waals surface area contributed by atoms with Crippen LogP contribution in [0.5, 0.6) is 0 Å². The fourth-order valence-electron chi connectivity index (χ4n) is 4.86. The molecule has 3 aliphatic rings. The number of aliphatic imine (C=N–C) groups is 2. The van der Waals surface area contributed by atoms with E-state index >= 15 is 0 Å². The minimum atomic E-state index is -0.621. The number of hydrogen-bond acceptors (Lipinski definition) is 5. The molecule has 174 valence electrons. The maximum atomic E-state index is 13.6. The smallest absolute Gasteiger partial charge is 0.263 e. The second-order valence-electron chi connectivity index (χ2n) is 8.73. The van der Waals surface area contributed by atoms with Gasteiger partial charge in [-0.1, -0.05) is 79.3 Å². The number of thioether (sulfide) groups is 1. The van der Waals surface area contributed by atoms with Crippen LogP contribution in [-0.2, 0) is 16.0 Å². The fraction of sp³-hybridized carbons (Fsp3) is 0.214. The van der Waals surface area contributed by atoms with E-state index < -0.39 is 6.04 Å². The molecule has 0 saturated carbocycles. The van der Waals surface area contributed by atoms with Gasteiger partial charge >= 0.3 is 0 Å². The maximum Gasteiger partial charge on any atom is 0.263 e. The quantitative estimate of drug-likeness (QED) is 0.521. The second kappa shape index (κ2) is 8.82. The number of amides is 2. The SMILES string of the molecule is CC[C@@H](SC1=Nc2ccccc2C2=N[C@H](c3ccccc3)C(=O)N12)C(=O)N1CCc2ccccc21. The second-order valence-corrected chi connectivity index (χ2v) is 9.90. The number of anilines is 1. The van der Waals surface area contributed by atoms with E-state index in [0.29, 0.717) is 24.0 Å². The van der Waals surface area contributed by atoms with Crippen LogP contribution >= 0.6 is 11.8 Å². The van der Waals surface area contributed by atoms with Crippen molar-refractivity contribution in [3.63, 3.8) is 0 Å². The first-order valence-corrected chi connectivity index (χ1v) is 12.7. The molecular weight excluding hydrogens is 456 g/mol. The lowest BCUT2D eigenvalue weighted by atomic mass is 10.1. The molecule has 2 atom stereocenters. The average molecular weight is 481 g/mol. The molecule has 3 aromatic carbocycles. The van der Waals surface area contributed by atoms with Crippen LogP contribution in [0.25, 0.3) is 0 Å². The van der Waals surface area contributed by atoms with E-state index in [2.05, 4.69) is 6.07 Å². The molecule has 0 bridgehead atoms. The highest BCUT2D eigenvalue weighted by molar-refractivity contribution is 8.15. The van der Waals surface area contributed by atoms with E-state index in [-0.39, 0.29) is 17.1 Å². The van der Waals surface area contributed by atoms with Gasteiger partial charge < -0.3 is 4.90 Å². The molecule has 2 amide bonds. The molecule has 3 aromatic rings. The normalized spacial score (nSPS) is 19.0. The number of carbonyl (C=O) groups excluding carboxylic acids is 2. The van der Waals surface area contributed by atoms with Crippen LogP contribution in [0, 0.1) is 0 Å². The topological polar surface area (TPSA) is 65.3 Å². The molecule has 0 aliphatic carbocycles. The van der Waals surface area contributed by atoms with Crippen molar-refractivity contribution in [2.24, 2.45) is 9.98 Å². The van der Waals surface area contributed by atoms with Gasteiger partial charge in [0.05, 0.1) is 10.9 Å². The van der Waals surface area contributed by atoms with E-state index in [1.54, 1.807) is 4.90 Å². The Kier molecular flexibility index (Phi) is 5.49. The third kappa shape index (κ3) is 3.67. The minimum absolute atomic E-state index is 0.0498. The Bertz CT molecular complexity index is 1380. The summed E-state index contributed by atoms with van der Waals surface area (Å²) < 4.78 is 0. The average Bonchev–Trinajstić information content (AvgIpc) is 3.49. The third-order valence-electron chi connectivity index (χ3n) is 6.63. The van der Waals surface area contributed by atoms with Gasteiger partial charge in [-0.15, -0.1) is 0 Å². The van der Waals surface area contributed by atoms with Crippen molar-refractivity contribution in [2.45, 2.75) is 31.1 Å². The predicted octanol–water partition coefficient (Wildman–Crippen LogP) is 5.12. The van der Waals surface area contributed by atoms with Crippen molar-refractivity contribution in [2.75, 3.05) is 11.4 Å². The summed E-state index contributed by atoms with van der Waals surface area (Å²) in [6, 6.07) is 24.8. The molecule has 6 nitrogen and oxygen atoms in total. The molecule has 0 saturated heterocycles. The van der Waals surface area contributed by atoms with Gasteiger partial charge in [0.15, 0.2) is 11.2 Å². The van der Waals surface area contributed by atoms with Gasteiger partial charge in [0.1, 0.15) is 5.84 Å². The van der Waals surface area contributed by atoms with Gasteiger partial charge in [0, 0.05) is 17.8 Å². The van der Waals surface area contributed by atoms with Crippen molar-refractivity contribution in [1.29, 1.82) is 0 Å². The zero-order chi connectivity index (χ0) is 23.9. The lowest BCUT2D eigenvalue weighted by molar-refractivity contribution is -0.124. The van der Waals surface area contributed by atoms with E-state index in [1.807, 2.05) is 84.6 Å². The molecule has 35 heavy (non-hydrogen) atoms. The van der Waals surface area contributed by atoms with Gasteiger partial charge in [0.2, 0.25) is 5.91 Å². The number of hydrogen-bond donors (Lipinski definition) is 0. The Morgan fingerprint density at radius 1 is 1.03 bits per heavy atom. The lowest BCUT2D eigenvalue weighted by Crippen LogP contribution is -2.43. The summed E-state index contributed by atoms with van der Waals surface area (Å²) in [7, 11) is 0. The molecule has 3 aliphatic heterocycles. The summed E-state index contributed by atoms with van der Waals surface area (Å²) in [5, 5.41) is 0.147. The highest BCUT2D eigenvalue weighted by Crippen LogP contribution is 2.39. The zero-order valence-electron chi connectivity index (χ0n) is 19.3. The summed E-state index contributed by atoms with van der Waals surface area (Å²) in [4.78, 5) is 40.4. The van der Waals surface area contributed by atoms with Gasteiger partial charge in [-0.3, -0.25) is 9.59 Å². The Balaban J connectivity index is 1.34. The van der Waals surface area contributed by atoms with Gasteiger partial charge in [-0.2, -0.15) is 0 Å². The minimum Gasteiger partial charge on any atom is -0.311 e. The molecule has 0 fully saturated rings. The highest BCUT2D eigenvalue weighted by atomic mass is 32.2. The summed E-state index contributed by atoms with van der Waals surface area (Å²) >= 11 is 1.36. The van der Waals surface area contributed by atoms with Crippen LogP contribution in [0.1, 0.15) is 36.1 Å². The number of benzene rings is 3. The molecular formula is C28H24N4O2S. The fourth-order valence-corrected chi connectivity index (χ4v) is 5.94. The van der Waals surface area contributed by atoms with Crippen molar-refractivity contribution < 1.29 is 9.59 Å². The van der Waals surface area contributed by atoms with Crippen molar-refractivity contribution >= 4 is 46.0 Å². The third-order valence-corrected chi connectivity index (χ3v) is 7.94. The molecule has 3 heterocycles. The highest BCUT2D eigenvalue weighted by Gasteiger charge is 2.43. The molecule has 0 spiro atoms. The Labute approximate surface area is 208 Å². The van der Waals surface area contributed by atoms with Crippen LogP contribution in [0.3, 0.4) is 0 Å². The van der Waals surface area contributed by atoms with E-state index in [9.17, 15) is 9.59 Å². The number of carbonyl (C=O) groups is 2. The van der Waals surface area contributed by atoms with Gasteiger partial charge in [-0.25, -0.2) is 14.9 Å². The number of para-hydroxylation sites is 2. The Morgan fingerprint density at radius 3 is 2.60 bits per heavy atom. The van der Waals surface area contributed by atoms with E-state index in [4.69, 9.17) is 9.98 Å². The van der Waals surface area contributed by atoms with Gasteiger partial charge in [0.25, 0.3) is 5.91 Å². The van der Waals surface area contributed by atoms with Crippen LogP contribution in [0.4, 0.5) is 11.4 Å². The molecule has 6 rings (SSSR count). The Morgan fingerprint density at radius 2 is 1.77 bits per heavy atom. The monoisotopic (exact) mass is 480 g/mol. The number of rotatable bonds is 4. The van der Waals surface area contributed by atoms with Crippen molar-refractivity contribution in [3.05, 3.63) is 95.6 Å². The van der Waals surface area contributed by atoms with E-state index in [1.165, 1.54) is 17.3 Å². The molecule has 0 unspecified atom stereocenters. The Hall–Kier alpha value is -3.71. The number of fused-ring (bicyclic) bond motifs is 4. The summed E-state index contributed by atoms with van der Waals surface area (Å²) in [5.41, 5.74) is 4.62. The number of amidine groups is 2. The predicted molar refractivity (Wildman–Crippen MR) is 140 cm³/mol. The summed E-state index contributed by atoms with van der Waals surface area (Å²) in [6.45, 7) is 2.68. The molecule has 0 N–H and O–H groups in total. The zero-order valence-corrected chi connectivity index (χ0v) is 20.1. The standard InChI is InChI=1S/C28H24N4O2S/c1-2-23(26(33)31-17-16-18-10-6-9-15-22(18)31)35-28-29-21-14-8-7-13-20(21)25-30-24(27(34)32(25)28)19-11-4-3-5-12-19/h3-15,23-24H,2,16-17H2,1H3/t23-,24-/m1/s1. The van der Waals surface area contributed by atoms with Crippen LogP contribution < -0.4 is 4.90 Å². The molecule has 0 aromatic heterocycles. The molecule has 7 heteroatoms. The first-order chi connectivity index (χ1) is 17.2. The lowest BCUT2D eigenvalue weighted by Gasteiger charge is -2.29.